The summed E-state index contributed by atoms with van der Waals surface area (Å²) in [6.45, 7) is 7.90. The van der Waals surface area contributed by atoms with Crippen molar-refractivity contribution in [1.29, 1.82) is 0 Å². The number of aromatic nitrogens is 1. The highest BCUT2D eigenvalue weighted by molar-refractivity contribution is 14.0. The van der Waals surface area contributed by atoms with Gasteiger partial charge in [-0.1, -0.05) is 32.0 Å². The molecule has 0 atom stereocenters. The number of guanidine groups is 1. The van der Waals surface area contributed by atoms with Gasteiger partial charge < -0.3 is 15.5 Å². The molecule has 1 amide bonds. The Morgan fingerprint density at radius 3 is 2.61 bits per heavy atom. The molecule has 31 heavy (non-hydrogen) atoms. The number of pyridine rings is 1. The third-order valence-electron chi connectivity index (χ3n) is 4.88. The molecule has 0 aliphatic heterocycles. The molecular weight excluding hydrogens is 508 g/mol. The predicted molar refractivity (Wildman–Crippen MR) is 134 cm³/mol. The van der Waals surface area contributed by atoms with Crippen LogP contribution in [0.3, 0.4) is 0 Å². The summed E-state index contributed by atoms with van der Waals surface area (Å²) in [5.41, 5.74) is 1.55. The van der Waals surface area contributed by atoms with Crippen molar-refractivity contribution in [2.45, 2.75) is 32.6 Å². The van der Waals surface area contributed by atoms with Crippen LogP contribution < -0.4 is 10.6 Å². The van der Waals surface area contributed by atoms with E-state index in [0.717, 1.165) is 11.3 Å². The van der Waals surface area contributed by atoms with Gasteiger partial charge in [-0.15, -0.1) is 24.0 Å². The smallest absolute Gasteiger partial charge is 0.244 e. The molecule has 0 aliphatic rings. The minimum atomic E-state index is -0.304. The first kappa shape index (κ1) is 26.8. The van der Waals surface area contributed by atoms with Gasteiger partial charge in [-0.05, 0) is 36.8 Å². The van der Waals surface area contributed by atoms with E-state index in [1.165, 1.54) is 6.07 Å². The number of amides is 1. The summed E-state index contributed by atoms with van der Waals surface area (Å²) in [4.78, 5) is 22.8. The summed E-state index contributed by atoms with van der Waals surface area (Å²) in [6.07, 6.45) is 2.45. The molecule has 0 saturated carbocycles. The van der Waals surface area contributed by atoms with Gasteiger partial charge in [0.1, 0.15) is 12.4 Å². The maximum Gasteiger partial charge on any atom is 0.244 e. The number of hydrogen-bond acceptors (Lipinski definition) is 3. The van der Waals surface area contributed by atoms with E-state index in [1.807, 2.05) is 45.0 Å². The van der Waals surface area contributed by atoms with Gasteiger partial charge in [-0.3, -0.25) is 9.78 Å². The van der Waals surface area contributed by atoms with Crippen LogP contribution in [0.5, 0.6) is 0 Å². The van der Waals surface area contributed by atoms with Crippen molar-refractivity contribution in [2.24, 2.45) is 4.99 Å². The van der Waals surface area contributed by atoms with E-state index >= 15 is 0 Å². The van der Waals surface area contributed by atoms with Crippen LogP contribution in [0.1, 0.15) is 32.0 Å². The largest absolute Gasteiger partial charge is 0.357 e. The molecule has 0 radical (unpaired) electrons. The van der Waals surface area contributed by atoms with Crippen molar-refractivity contribution >= 4 is 35.8 Å². The Balaban J connectivity index is 0.00000480. The summed E-state index contributed by atoms with van der Waals surface area (Å²) in [6, 6.07) is 12.4. The maximum absolute atomic E-state index is 13.6. The van der Waals surface area contributed by atoms with Crippen LogP contribution in [0.4, 0.5) is 4.39 Å². The van der Waals surface area contributed by atoms with E-state index in [-0.39, 0.29) is 47.7 Å². The van der Waals surface area contributed by atoms with Crippen molar-refractivity contribution in [3.63, 3.8) is 0 Å². The van der Waals surface area contributed by atoms with Crippen molar-refractivity contribution in [1.82, 2.24) is 20.5 Å². The first-order valence-electron chi connectivity index (χ1n) is 10.2. The van der Waals surface area contributed by atoms with Crippen LogP contribution in [0.2, 0.25) is 0 Å². The highest BCUT2D eigenvalue weighted by Gasteiger charge is 2.21. The summed E-state index contributed by atoms with van der Waals surface area (Å²) in [5, 5.41) is 6.42. The molecule has 0 spiro atoms. The third kappa shape index (κ3) is 9.20. The van der Waals surface area contributed by atoms with Crippen molar-refractivity contribution in [3.8, 4) is 0 Å². The number of likely N-dealkylation sites (N-methyl/N-ethyl adjacent to an activating group) is 1. The fourth-order valence-electron chi connectivity index (χ4n) is 2.88. The van der Waals surface area contributed by atoms with Crippen LogP contribution in [0.25, 0.3) is 0 Å². The van der Waals surface area contributed by atoms with Gasteiger partial charge in [-0.25, -0.2) is 9.38 Å². The molecule has 0 fully saturated rings. The van der Waals surface area contributed by atoms with E-state index in [9.17, 15) is 9.18 Å². The lowest BCUT2D eigenvalue weighted by Gasteiger charge is -2.27. The maximum atomic E-state index is 13.6. The number of carbonyl (C=O) groups excluding carboxylic acids is 1. The Morgan fingerprint density at radius 1 is 1.19 bits per heavy atom. The molecule has 1 aromatic heterocycles. The topological polar surface area (TPSA) is 69.6 Å². The van der Waals surface area contributed by atoms with Gasteiger partial charge >= 0.3 is 0 Å². The van der Waals surface area contributed by atoms with Gasteiger partial charge in [0.25, 0.3) is 0 Å². The Kier molecular flexibility index (Phi) is 11.4. The number of hydrogen-bond donors (Lipinski definition) is 2. The third-order valence-corrected chi connectivity index (χ3v) is 4.88. The number of nitrogens with one attached hydrogen (secondary N) is 2. The molecule has 170 valence electrons. The lowest BCUT2D eigenvalue weighted by molar-refractivity contribution is -0.128. The zero-order valence-corrected chi connectivity index (χ0v) is 21.0. The Labute approximate surface area is 201 Å². The standard InChI is InChI=1S/C23H32FN5O.HI/c1-5-25-22(28-17-23(2,3)18-9-8-10-19(24)15-18)27-16-21(30)29(4)14-12-20-11-6-7-13-26-20;/h6-11,13,15H,5,12,14,16-17H2,1-4H3,(H2,25,27,28);1H. The summed E-state index contributed by atoms with van der Waals surface area (Å²) in [5.74, 6) is 0.251. The van der Waals surface area contributed by atoms with E-state index in [2.05, 4.69) is 20.6 Å². The van der Waals surface area contributed by atoms with Crippen molar-refractivity contribution < 1.29 is 9.18 Å². The minimum Gasteiger partial charge on any atom is -0.357 e. The molecule has 0 bridgehead atoms. The molecule has 0 unspecified atom stereocenters. The van der Waals surface area contributed by atoms with Crippen LogP contribution in [0, 0.1) is 5.82 Å². The van der Waals surface area contributed by atoms with E-state index in [1.54, 1.807) is 30.3 Å². The zero-order valence-electron chi connectivity index (χ0n) is 18.7. The molecule has 6 nitrogen and oxygen atoms in total. The number of halogens is 2. The fourth-order valence-corrected chi connectivity index (χ4v) is 2.88. The second-order valence-corrected chi connectivity index (χ2v) is 7.83. The van der Waals surface area contributed by atoms with Gasteiger partial charge in [0.05, 0.1) is 0 Å². The van der Waals surface area contributed by atoms with Gasteiger partial charge in [0.15, 0.2) is 5.96 Å². The number of benzene rings is 1. The van der Waals surface area contributed by atoms with Gasteiger partial charge in [-0.2, -0.15) is 0 Å². The van der Waals surface area contributed by atoms with Crippen molar-refractivity contribution in [3.05, 3.63) is 65.7 Å². The normalized spacial score (nSPS) is 11.5. The molecule has 2 N–H and O–H groups in total. The Hall–Kier alpha value is -2.23. The molecule has 1 aromatic carbocycles. The molecule has 2 rings (SSSR count). The highest BCUT2D eigenvalue weighted by atomic mass is 127. The number of aliphatic imine (C=N–C) groups is 1. The Morgan fingerprint density at radius 2 is 1.97 bits per heavy atom. The SMILES string of the molecule is CCNC(=NCC(=O)N(C)CCc1ccccn1)NCC(C)(C)c1cccc(F)c1.I. The first-order chi connectivity index (χ1) is 14.3. The van der Waals surface area contributed by atoms with E-state index < -0.39 is 0 Å². The minimum absolute atomic E-state index is 0. The van der Waals surface area contributed by atoms with Crippen LogP contribution in [-0.4, -0.2) is 55.0 Å². The van der Waals surface area contributed by atoms with E-state index in [0.29, 0.717) is 32.0 Å². The number of carbonyl (C=O) groups is 1. The van der Waals surface area contributed by atoms with Gasteiger partial charge in [0, 0.05) is 50.4 Å². The van der Waals surface area contributed by atoms with Crippen molar-refractivity contribution in [2.75, 3.05) is 33.2 Å². The molecule has 1 heterocycles. The number of nitrogens with zero attached hydrogens (tertiary/aromatic N) is 3. The fraction of sp³-hybridized carbons (Fsp3) is 0.435. The summed E-state index contributed by atoms with van der Waals surface area (Å²) in [7, 11) is 1.77. The lowest BCUT2D eigenvalue weighted by Crippen LogP contribution is -2.44. The second-order valence-electron chi connectivity index (χ2n) is 7.83. The monoisotopic (exact) mass is 541 g/mol. The Bertz CT molecular complexity index is 845. The molecule has 8 heteroatoms. The zero-order chi connectivity index (χ0) is 22.0. The second kappa shape index (κ2) is 13.2. The quantitative estimate of drug-likeness (QED) is 0.290. The predicted octanol–water partition coefficient (Wildman–Crippen LogP) is 3.37. The average molecular weight is 541 g/mol. The summed E-state index contributed by atoms with van der Waals surface area (Å²) >= 11 is 0. The van der Waals surface area contributed by atoms with Crippen LogP contribution in [0.15, 0.2) is 53.7 Å². The first-order valence-corrected chi connectivity index (χ1v) is 10.2. The molecular formula is C23H33FIN5O. The number of rotatable bonds is 9. The van der Waals surface area contributed by atoms with Crippen LogP contribution in [-0.2, 0) is 16.6 Å². The lowest BCUT2D eigenvalue weighted by atomic mass is 9.84. The average Bonchev–Trinajstić information content (AvgIpc) is 2.74. The van der Waals surface area contributed by atoms with E-state index in [4.69, 9.17) is 0 Å². The molecule has 0 saturated heterocycles. The summed E-state index contributed by atoms with van der Waals surface area (Å²) < 4.78 is 13.6. The molecule has 2 aromatic rings. The highest BCUT2D eigenvalue weighted by Crippen LogP contribution is 2.22. The van der Waals surface area contributed by atoms with Gasteiger partial charge in [0.2, 0.25) is 5.91 Å². The molecule has 0 aliphatic carbocycles. The van der Waals surface area contributed by atoms with Crippen LogP contribution >= 0.6 is 24.0 Å².